The number of carbonyl (C=O) groups excluding carboxylic acids is 1. The first-order valence-electron chi connectivity index (χ1n) is 11.8. The highest BCUT2D eigenvalue weighted by atomic mass is 32.2. The minimum Gasteiger partial charge on any atom is -0.465 e. The van der Waals surface area contributed by atoms with E-state index in [0.29, 0.717) is 36.2 Å². The summed E-state index contributed by atoms with van der Waals surface area (Å²) in [7, 11) is 0. The molecular weight excluding hydrogens is 434 g/mol. The number of rotatable bonds is 19. The summed E-state index contributed by atoms with van der Waals surface area (Å²) in [4.78, 5) is 14.2. The Morgan fingerprint density at radius 3 is 2.23 bits per heavy atom. The molecule has 0 aliphatic carbocycles. The van der Waals surface area contributed by atoms with Gasteiger partial charge in [-0.3, -0.25) is 4.79 Å². The summed E-state index contributed by atoms with van der Waals surface area (Å²) in [6.45, 7) is 11.3. The van der Waals surface area contributed by atoms with Crippen molar-refractivity contribution in [2.75, 3.05) is 37.0 Å². The van der Waals surface area contributed by atoms with Crippen LogP contribution in [-0.4, -0.2) is 63.4 Å². The van der Waals surface area contributed by atoms with Gasteiger partial charge in [-0.25, -0.2) is 0 Å². The average Bonchev–Trinajstić information content (AvgIpc) is 2.75. The second-order valence-electron chi connectivity index (χ2n) is 7.85. The van der Waals surface area contributed by atoms with Crippen molar-refractivity contribution < 1.29 is 14.6 Å². The van der Waals surface area contributed by atoms with E-state index in [-0.39, 0.29) is 5.97 Å². The highest BCUT2D eigenvalue weighted by Crippen LogP contribution is 2.16. The molecule has 2 atom stereocenters. The van der Waals surface area contributed by atoms with Gasteiger partial charge in [-0.2, -0.15) is 11.8 Å². The fourth-order valence-electron chi connectivity index (χ4n) is 2.86. The largest absolute Gasteiger partial charge is 0.465 e. The normalized spacial score (nSPS) is 13.1. The van der Waals surface area contributed by atoms with E-state index in [9.17, 15) is 9.90 Å². The van der Waals surface area contributed by atoms with Gasteiger partial charge in [0, 0.05) is 30.3 Å². The smallest absolute Gasteiger partial charge is 0.306 e. The van der Waals surface area contributed by atoms with E-state index in [1.54, 1.807) is 23.5 Å². The third-order valence-corrected chi connectivity index (χ3v) is 7.79. The van der Waals surface area contributed by atoms with E-state index in [0.717, 1.165) is 55.9 Å². The van der Waals surface area contributed by atoms with Crippen LogP contribution in [0.4, 0.5) is 0 Å². The molecule has 178 valence electrons. The molecule has 0 saturated carbocycles. The van der Waals surface area contributed by atoms with Crippen LogP contribution >= 0.6 is 35.7 Å². The molecule has 0 fully saturated rings. The molecule has 0 amide bonds. The number of aliphatic hydroxyl groups is 1. The second kappa shape index (κ2) is 20.9. The number of hydrogen-bond donors (Lipinski definition) is 1. The minimum atomic E-state index is -0.410. The van der Waals surface area contributed by atoms with E-state index in [2.05, 4.69) is 32.6 Å². The summed E-state index contributed by atoms with van der Waals surface area (Å²) < 4.78 is 6.33. The maximum atomic E-state index is 11.9. The molecule has 0 aromatic heterocycles. The first kappa shape index (κ1) is 30.0. The molecule has 0 aliphatic rings. The summed E-state index contributed by atoms with van der Waals surface area (Å²) in [5.41, 5.74) is 0. The first-order chi connectivity index (χ1) is 14.5. The number of nitrogens with zero attached hydrogens (tertiary/aromatic N) is 1. The maximum absolute atomic E-state index is 11.9. The molecule has 0 radical (unpaired) electrons. The summed E-state index contributed by atoms with van der Waals surface area (Å²) >= 11 is 8.78. The van der Waals surface area contributed by atoms with E-state index >= 15 is 0 Å². The molecule has 30 heavy (non-hydrogen) atoms. The van der Waals surface area contributed by atoms with E-state index in [1.165, 1.54) is 12.8 Å². The highest BCUT2D eigenvalue weighted by molar-refractivity contribution is 8.22. The number of esters is 1. The molecule has 0 aromatic carbocycles. The molecule has 2 unspecified atom stereocenters. The molecule has 0 spiro atoms. The SMILES string of the molecule is CCCCC(CC)COC(=O)CCSCC(O)CSC(=S)N(CCCC)CCCC. The fourth-order valence-corrected chi connectivity index (χ4v) is 5.08. The van der Waals surface area contributed by atoms with Crippen LogP contribution in [0, 0.1) is 5.92 Å². The van der Waals surface area contributed by atoms with E-state index in [4.69, 9.17) is 17.0 Å². The lowest BCUT2D eigenvalue weighted by atomic mass is 10.0. The zero-order chi connectivity index (χ0) is 22.6. The van der Waals surface area contributed by atoms with E-state index in [1.807, 2.05) is 0 Å². The zero-order valence-electron chi connectivity index (χ0n) is 19.7. The monoisotopic (exact) mass is 479 g/mol. The Hall–Kier alpha value is 0.0200. The van der Waals surface area contributed by atoms with Gasteiger partial charge >= 0.3 is 5.97 Å². The van der Waals surface area contributed by atoms with Crippen LogP contribution in [0.15, 0.2) is 0 Å². The van der Waals surface area contributed by atoms with Crippen molar-refractivity contribution >= 4 is 46.0 Å². The summed E-state index contributed by atoms with van der Waals surface area (Å²) in [5.74, 6) is 2.29. The molecule has 7 heteroatoms. The second-order valence-corrected chi connectivity index (χ2v) is 10.7. The summed E-state index contributed by atoms with van der Waals surface area (Å²) in [5, 5.41) is 10.3. The van der Waals surface area contributed by atoms with Crippen molar-refractivity contribution in [2.24, 2.45) is 5.92 Å². The summed E-state index contributed by atoms with van der Waals surface area (Å²) in [6.07, 6.45) is 9.19. The van der Waals surface area contributed by atoms with Gasteiger partial charge in [0.05, 0.1) is 19.1 Å². The molecule has 0 rings (SSSR count). The lowest BCUT2D eigenvalue weighted by molar-refractivity contribution is -0.144. The van der Waals surface area contributed by atoms with Crippen molar-refractivity contribution in [2.45, 2.75) is 91.6 Å². The molecule has 4 nitrogen and oxygen atoms in total. The third-order valence-electron chi connectivity index (χ3n) is 5.00. The number of ether oxygens (including phenoxy) is 1. The fraction of sp³-hybridized carbons (Fsp3) is 0.913. The Bertz CT molecular complexity index is 430. The Balaban J connectivity index is 3.95. The number of hydrogen-bond acceptors (Lipinski definition) is 6. The van der Waals surface area contributed by atoms with Crippen LogP contribution in [0.25, 0.3) is 0 Å². The lowest BCUT2D eigenvalue weighted by Crippen LogP contribution is -2.30. The molecule has 0 aromatic rings. The van der Waals surface area contributed by atoms with Gasteiger partial charge in [0.2, 0.25) is 0 Å². The molecule has 1 N–H and O–H groups in total. The number of carbonyl (C=O) groups is 1. The zero-order valence-corrected chi connectivity index (χ0v) is 22.1. The predicted octanol–water partition coefficient (Wildman–Crippen LogP) is 6.15. The van der Waals surface area contributed by atoms with Gasteiger partial charge in [0.15, 0.2) is 0 Å². The van der Waals surface area contributed by atoms with Gasteiger partial charge in [-0.05, 0) is 25.2 Å². The molecule has 0 heterocycles. The van der Waals surface area contributed by atoms with Gasteiger partial charge in [-0.15, -0.1) is 0 Å². The van der Waals surface area contributed by atoms with Crippen molar-refractivity contribution in [3.8, 4) is 0 Å². The number of aliphatic hydroxyl groups excluding tert-OH is 1. The standard InChI is InChI=1S/C23H45NO3S3/c1-5-9-12-20(8-4)17-27-22(26)13-16-29-18-21(25)19-30-23(28)24(14-10-6-2)15-11-7-3/h20-21,25H,5-19H2,1-4H3. The van der Waals surface area contributed by atoms with Crippen molar-refractivity contribution in [3.05, 3.63) is 0 Å². The Kier molecular flexibility index (Phi) is 20.9. The van der Waals surface area contributed by atoms with Crippen molar-refractivity contribution in [1.29, 1.82) is 0 Å². The van der Waals surface area contributed by atoms with Crippen LogP contribution in [-0.2, 0) is 9.53 Å². The van der Waals surface area contributed by atoms with Crippen LogP contribution in [0.3, 0.4) is 0 Å². The van der Waals surface area contributed by atoms with E-state index < -0.39 is 6.10 Å². The van der Waals surface area contributed by atoms with Crippen LogP contribution < -0.4 is 0 Å². The topological polar surface area (TPSA) is 49.8 Å². The van der Waals surface area contributed by atoms with Gasteiger partial charge in [-0.1, -0.05) is 83.8 Å². The first-order valence-corrected chi connectivity index (χ1v) is 14.4. The van der Waals surface area contributed by atoms with Crippen LogP contribution in [0.2, 0.25) is 0 Å². The molecule has 0 saturated heterocycles. The lowest BCUT2D eigenvalue weighted by Gasteiger charge is -2.25. The van der Waals surface area contributed by atoms with Crippen molar-refractivity contribution in [3.63, 3.8) is 0 Å². The highest BCUT2D eigenvalue weighted by Gasteiger charge is 2.13. The van der Waals surface area contributed by atoms with Crippen molar-refractivity contribution in [1.82, 2.24) is 4.90 Å². The number of unbranched alkanes of at least 4 members (excludes halogenated alkanes) is 3. The predicted molar refractivity (Wildman–Crippen MR) is 139 cm³/mol. The number of thioether (sulfide) groups is 2. The molecule has 0 aliphatic heterocycles. The Morgan fingerprint density at radius 1 is 1.03 bits per heavy atom. The van der Waals surface area contributed by atoms with Crippen LogP contribution in [0.5, 0.6) is 0 Å². The molecular formula is C23H45NO3S3. The average molecular weight is 480 g/mol. The molecule has 0 bridgehead atoms. The van der Waals surface area contributed by atoms with Gasteiger partial charge in [0.1, 0.15) is 4.32 Å². The Morgan fingerprint density at radius 2 is 1.67 bits per heavy atom. The van der Waals surface area contributed by atoms with Gasteiger partial charge in [0.25, 0.3) is 0 Å². The van der Waals surface area contributed by atoms with Gasteiger partial charge < -0.3 is 14.7 Å². The number of thiocarbonyl (C=S) groups is 1. The van der Waals surface area contributed by atoms with Crippen LogP contribution in [0.1, 0.15) is 85.5 Å². The summed E-state index contributed by atoms with van der Waals surface area (Å²) in [6, 6.07) is 0. The quantitative estimate of drug-likeness (QED) is 0.135. The minimum absolute atomic E-state index is 0.120. The maximum Gasteiger partial charge on any atom is 0.306 e. The third kappa shape index (κ3) is 16.7. The Labute approximate surface area is 199 Å².